The number of halogens is 1. The number of aromatic nitrogens is 1. The number of pyridine rings is 1. The van der Waals surface area contributed by atoms with E-state index in [1.165, 1.54) is 12.8 Å². The van der Waals surface area contributed by atoms with E-state index in [9.17, 15) is 4.79 Å². The summed E-state index contributed by atoms with van der Waals surface area (Å²) in [7, 11) is 0. The van der Waals surface area contributed by atoms with Crippen LogP contribution in [0.2, 0.25) is 5.15 Å². The highest BCUT2D eigenvalue weighted by Gasteiger charge is 2.29. The fraction of sp³-hybridized carbons (Fsp3) is 0.625. The first-order valence-electron chi connectivity index (χ1n) is 7.37. The van der Waals surface area contributed by atoms with Crippen molar-refractivity contribution < 1.29 is 4.79 Å². The number of amides is 1. The second-order valence-corrected chi connectivity index (χ2v) is 6.64. The molecule has 0 spiro atoms. The third-order valence-corrected chi connectivity index (χ3v) is 3.88. The van der Waals surface area contributed by atoms with Crippen LogP contribution in [0.25, 0.3) is 0 Å². The Morgan fingerprint density at radius 1 is 1.35 bits per heavy atom. The van der Waals surface area contributed by atoms with E-state index in [4.69, 9.17) is 11.6 Å². The minimum atomic E-state index is 0.0677. The average molecular weight is 295 g/mol. The molecule has 0 saturated heterocycles. The number of carbonyl (C=O) groups excluding carboxylic acids is 1. The summed E-state index contributed by atoms with van der Waals surface area (Å²) in [4.78, 5) is 19.0. The molecule has 4 heteroatoms. The number of hydrogen-bond acceptors (Lipinski definition) is 2. The number of rotatable bonds is 5. The molecule has 1 aromatic heterocycles. The predicted octanol–water partition coefficient (Wildman–Crippen LogP) is 4.12. The zero-order chi connectivity index (χ0) is 14.9. The van der Waals surface area contributed by atoms with Gasteiger partial charge in [-0.05, 0) is 50.7 Å². The third-order valence-electron chi connectivity index (χ3n) is 3.69. The molecule has 1 heterocycles. The molecule has 3 nitrogen and oxygen atoms in total. The molecular weight excluding hydrogens is 272 g/mol. The summed E-state index contributed by atoms with van der Waals surface area (Å²) < 4.78 is 0. The van der Waals surface area contributed by atoms with Gasteiger partial charge in [0.15, 0.2) is 0 Å². The summed E-state index contributed by atoms with van der Waals surface area (Å²) in [5.41, 5.74) is 1.53. The second kappa shape index (κ2) is 6.13. The van der Waals surface area contributed by atoms with E-state index in [-0.39, 0.29) is 17.9 Å². The molecule has 1 aliphatic rings. The Labute approximate surface area is 126 Å². The van der Waals surface area contributed by atoms with Gasteiger partial charge in [-0.2, -0.15) is 0 Å². The van der Waals surface area contributed by atoms with Crippen LogP contribution in [0.1, 0.15) is 62.5 Å². The van der Waals surface area contributed by atoms with Crippen molar-refractivity contribution in [1.29, 1.82) is 0 Å². The van der Waals surface area contributed by atoms with Crippen molar-refractivity contribution in [3.63, 3.8) is 0 Å². The number of carbonyl (C=O) groups is 1. The number of hydrogen-bond donors (Lipinski definition) is 0. The van der Waals surface area contributed by atoms with Crippen LogP contribution in [0.3, 0.4) is 0 Å². The molecule has 110 valence electrons. The minimum Gasteiger partial charge on any atom is -0.336 e. The lowest BCUT2D eigenvalue weighted by atomic mass is 10.1. The Kier molecular flexibility index (Phi) is 4.69. The summed E-state index contributed by atoms with van der Waals surface area (Å²) in [6.45, 7) is 9.08. The van der Waals surface area contributed by atoms with Gasteiger partial charge in [0.1, 0.15) is 5.15 Å². The maximum Gasteiger partial charge on any atom is 0.254 e. The van der Waals surface area contributed by atoms with Crippen molar-refractivity contribution >= 4 is 17.5 Å². The van der Waals surface area contributed by atoms with Crippen LogP contribution in [-0.2, 0) is 0 Å². The summed E-state index contributed by atoms with van der Waals surface area (Å²) >= 11 is 6.06. The smallest absolute Gasteiger partial charge is 0.254 e. The largest absolute Gasteiger partial charge is 0.336 e. The molecule has 1 aromatic rings. The second-order valence-electron chi connectivity index (χ2n) is 6.25. The minimum absolute atomic E-state index is 0.0677. The maximum absolute atomic E-state index is 12.7. The number of nitrogens with zero attached hydrogens (tertiary/aromatic N) is 2. The fourth-order valence-electron chi connectivity index (χ4n) is 2.21. The van der Waals surface area contributed by atoms with Crippen molar-refractivity contribution in [2.24, 2.45) is 5.92 Å². The van der Waals surface area contributed by atoms with Gasteiger partial charge in [-0.1, -0.05) is 25.4 Å². The first kappa shape index (κ1) is 15.3. The van der Waals surface area contributed by atoms with Crippen LogP contribution in [0.5, 0.6) is 0 Å². The van der Waals surface area contributed by atoms with E-state index in [0.29, 0.717) is 16.6 Å². The summed E-state index contributed by atoms with van der Waals surface area (Å²) in [5, 5.41) is 0.398. The maximum atomic E-state index is 12.7. The van der Waals surface area contributed by atoms with Crippen molar-refractivity contribution in [1.82, 2.24) is 9.88 Å². The molecule has 2 rings (SSSR count). The van der Waals surface area contributed by atoms with Gasteiger partial charge in [-0.15, -0.1) is 0 Å². The molecular formula is C16H23ClN2O. The van der Waals surface area contributed by atoms with Gasteiger partial charge in [-0.3, -0.25) is 4.79 Å². The van der Waals surface area contributed by atoms with Gasteiger partial charge in [-0.25, -0.2) is 4.98 Å². The Hall–Kier alpha value is -1.09. The van der Waals surface area contributed by atoms with Crippen molar-refractivity contribution in [2.45, 2.75) is 52.5 Å². The fourth-order valence-corrected chi connectivity index (χ4v) is 2.42. The molecule has 20 heavy (non-hydrogen) atoms. The Morgan fingerprint density at radius 2 is 2.00 bits per heavy atom. The van der Waals surface area contributed by atoms with Gasteiger partial charge in [0.2, 0.25) is 0 Å². The molecule has 0 unspecified atom stereocenters. The molecule has 1 amide bonds. The van der Waals surface area contributed by atoms with Gasteiger partial charge in [0, 0.05) is 23.8 Å². The lowest BCUT2D eigenvalue weighted by Crippen LogP contribution is -2.38. The van der Waals surface area contributed by atoms with E-state index in [1.807, 2.05) is 11.0 Å². The molecule has 0 aliphatic heterocycles. The predicted molar refractivity (Wildman–Crippen MR) is 82.2 cm³/mol. The highest BCUT2D eigenvalue weighted by Crippen LogP contribution is 2.31. The molecule has 0 atom stereocenters. The van der Waals surface area contributed by atoms with E-state index in [0.717, 1.165) is 12.2 Å². The summed E-state index contributed by atoms with van der Waals surface area (Å²) in [5.74, 6) is 1.01. The van der Waals surface area contributed by atoms with E-state index in [2.05, 4.69) is 32.7 Å². The van der Waals surface area contributed by atoms with Crippen molar-refractivity contribution in [2.75, 3.05) is 6.54 Å². The van der Waals surface area contributed by atoms with Crippen LogP contribution >= 0.6 is 11.6 Å². The zero-order valence-corrected chi connectivity index (χ0v) is 13.4. The molecule has 0 bridgehead atoms. The normalized spacial score (nSPS) is 14.9. The van der Waals surface area contributed by atoms with E-state index in [1.54, 1.807) is 6.07 Å². The van der Waals surface area contributed by atoms with Gasteiger partial charge < -0.3 is 4.90 Å². The highest BCUT2D eigenvalue weighted by atomic mass is 35.5. The summed E-state index contributed by atoms with van der Waals surface area (Å²) in [6.07, 6.45) is 2.48. The molecule has 0 N–H and O–H groups in total. The van der Waals surface area contributed by atoms with Crippen molar-refractivity contribution in [3.8, 4) is 0 Å². The van der Waals surface area contributed by atoms with Gasteiger partial charge >= 0.3 is 0 Å². The summed E-state index contributed by atoms with van der Waals surface area (Å²) in [6, 6.07) is 3.76. The Bertz CT molecular complexity index is 495. The van der Waals surface area contributed by atoms with Crippen LogP contribution in [0.4, 0.5) is 0 Å². The van der Waals surface area contributed by atoms with Crippen LogP contribution in [0.15, 0.2) is 12.1 Å². The van der Waals surface area contributed by atoms with E-state index < -0.39 is 0 Å². The van der Waals surface area contributed by atoms with Crippen molar-refractivity contribution in [3.05, 3.63) is 28.5 Å². The Balaban J connectivity index is 2.25. The molecule has 1 aliphatic carbocycles. The van der Waals surface area contributed by atoms with Gasteiger partial charge in [0.05, 0.1) is 0 Å². The monoisotopic (exact) mass is 294 g/mol. The van der Waals surface area contributed by atoms with Crippen LogP contribution in [-0.4, -0.2) is 28.4 Å². The standard InChI is InChI=1S/C16H23ClN2O/c1-10(2)14-7-13(8-15(17)18-14)16(20)19(11(3)4)9-12-5-6-12/h7-8,10-12H,5-6,9H2,1-4H3. The quantitative estimate of drug-likeness (QED) is 0.765. The molecule has 0 radical (unpaired) electrons. The highest BCUT2D eigenvalue weighted by molar-refractivity contribution is 6.29. The topological polar surface area (TPSA) is 33.2 Å². The lowest BCUT2D eigenvalue weighted by molar-refractivity contribution is 0.0696. The first-order chi connectivity index (χ1) is 9.38. The van der Waals surface area contributed by atoms with E-state index >= 15 is 0 Å². The average Bonchev–Trinajstić information content (AvgIpc) is 3.17. The van der Waals surface area contributed by atoms with Crippen LogP contribution in [0, 0.1) is 5.92 Å². The third kappa shape index (κ3) is 3.72. The van der Waals surface area contributed by atoms with Crippen LogP contribution < -0.4 is 0 Å². The first-order valence-corrected chi connectivity index (χ1v) is 7.74. The molecule has 0 aromatic carbocycles. The lowest BCUT2D eigenvalue weighted by Gasteiger charge is -2.27. The zero-order valence-electron chi connectivity index (χ0n) is 12.7. The Morgan fingerprint density at radius 3 is 2.50 bits per heavy atom. The SMILES string of the molecule is CC(C)c1cc(C(=O)N(CC2CC2)C(C)C)cc(Cl)n1. The van der Waals surface area contributed by atoms with Gasteiger partial charge in [0.25, 0.3) is 5.91 Å². The molecule has 1 fully saturated rings. The molecule has 1 saturated carbocycles.